The van der Waals surface area contributed by atoms with Crippen molar-refractivity contribution in [3.8, 4) is 0 Å². The van der Waals surface area contributed by atoms with Gasteiger partial charge in [-0.3, -0.25) is 4.79 Å². The van der Waals surface area contributed by atoms with Gasteiger partial charge < -0.3 is 10.4 Å². The molecule has 0 aliphatic rings. The summed E-state index contributed by atoms with van der Waals surface area (Å²) in [5.41, 5.74) is 0.177. The number of hydrogen-bond acceptors (Lipinski definition) is 4. The molecule has 2 N–H and O–H groups in total. The van der Waals surface area contributed by atoms with Crippen LogP contribution in [-0.2, 0) is 7.05 Å². The van der Waals surface area contributed by atoms with Gasteiger partial charge in [-0.05, 0) is 12.8 Å². The van der Waals surface area contributed by atoms with Crippen LogP contribution in [0.5, 0.6) is 0 Å². The average molecular weight is 246 g/mol. The van der Waals surface area contributed by atoms with Gasteiger partial charge in [0.05, 0.1) is 18.0 Å². The molecule has 90 valence electrons. The Morgan fingerprint density at radius 2 is 2.38 bits per heavy atom. The number of nitrogens with zero attached hydrogens (tertiary/aromatic N) is 2. The Balaban J connectivity index is 2.62. The minimum absolute atomic E-state index is 0.128. The fourth-order valence-electron chi connectivity index (χ4n) is 1.21. The van der Waals surface area contributed by atoms with Gasteiger partial charge in [-0.2, -0.15) is 5.10 Å². The molecule has 0 aliphatic carbocycles. The van der Waals surface area contributed by atoms with Crippen LogP contribution in [0.1, 0.15) is 19.8 Å². The molecule has 0 saturated heterocycles. The Hall–Kier alpha value is -1.07. The summed E-state index contributed by atoms with van der Waals surface area (Å²) in [6.45, 7) is 2.47. The molecule has 0 amide bonds. The second-order valence-electron chi connectivity index (χ2n) is 3.58. The van der Waals surface area contributed by atoms with Crippen molar-refractivity contribution < 1.29 is 5.11 Å². The number of hydrogen-bond donors (Lipinski definition) is 2. The van der Waals surface area contributed by atoms with E-state index >= 15 is 0 Å². The van der Waals surface area contributed by atoms with Crippen LogP contribution in [0.15, 0.2) is 11.0 Å². The zero-order chi connectivity index (χ0) is 12.1. The Kier molecular flexibility index (Phi) is 4.76. The van der Waals surface area contributed by atoms with E-state index in [4.69, 9.17) is 11.6 Å². The van der Waals surface area contributed by atoms with Crippen LogP contribution in [0.3, 0.4) is 0 Å². The summed E-state index contributed by atoms with van der Waals surface area (Å²) in [7, 11) is 1.54. The van der Waals surface area contributed by atoms with Crippen molar-refractivity contribution in [2.24, 2.45) is 7.05 Å². The lowest BCUT2D eigenvalue weighted by atomic mass is 10.2. The van der Waals surface area contributed by atoms with Crippen molar-refractivity contribution in [2.45, 2.75) is 25.9 Å². The Bertz CT molecular complexity index is 406. The van der Waals surface area contributed by atoms with Crippen LogP contribution in [0.25, 0.3) is 0 Å². The standard InChI is InChI=1S/C10H16ClN3O2/c1-3-7(15)4-5-12-8-6-13-14(2)10(16)9(8)11/h6-7,12,15H,3-5H2,1-2H3. The Morgan fingerprint density at radius 3 is 3.00 bits per heavy atom. The van der Waals surface area contributed by atoms with Crippen molar-refractivity contribution in [1.29, 1.82) is 0 Å². The monoisotopic (exact) mass is 245 g/mol. The van der Waals surface area contributed by atoms with Gasteiger partial charge in [0.2, 0.25) is 0 Å². The number of anilines is 1. The van der Waals surface area contributed by atoms with Crippen molar-refractivity contribution in [3.05, 3.63) is 21.6 Å². The first-order chi connectivity index (χ1) is 7.56. The SMILES string of the molecule is CCC(O)CCNc1cnn(C)c(=O)c1Cl. The normalized spacial score (nSPS) is 12.5. The lowest BCUT2D eigenvalue weighted by molar-refractivity contribution is 0.164. The van der Waals surface area contributed by atoms with Gasteiger partial charge in [0.1, 0.15) is 5.02 Å². The van der Waals surface area contributed by atoms with Gasteiger partial charge in [-0.1, -0.05) is 18.5 Å². The minimum atomic E-state index is -0.331. The highest BCUT2D eigenvalue weighted by molar-refractivity contribution is 6.32. The molecule has 1 unspecified atom stereocenters. The number of rotatable bonds is 5. The highest BCUT2D eigenvalue weighted by Gasteiger charge is 2.07. The maximum atomic E-state index is 11.4. The summed E-state index contributed by atoms with van der Waals surface area (Å²) in [5.74, 6) is 0. The quantitative estimate of drug-likeness (QED) is 0.813. The largest absolute Gasteiger partial charge is 0.393 e. The minimum Gasteiger partial charge on any atom is -0.393 e. The molecule has 1 heterocycles. The van der Waals surface area contributed by atoms with Gasteiger partial charge in [-0.15, -0.1) is 0 Å². The number of nitrogens with one attached hydrogen (secondary N) is 1. The van der Waals surface area contributed by atoms with Gasteiger partial charge in [0.25, 0.3) is 5.56 Å². The van der Waals surface area contributed by atoms with Gasteiger partial charge in [0.15, 0.2) is 0 Å². The highest BCUT2D eigenvalue weighted by atomic mass is 35.5. The lowest BCUT2D eigenvalue weighted by Crippen LogP contribution is -2.22. The van der Waals surface area contributed by atoms with Crippen molar-refractivity contribution >= 4 is 17.3 Å². The fraction of sp³-hybridized carbons (Fsp3) is 0.600. The summed E-state index contributed by atoms with van der Waals surface area (Å²) < 4.78 is 1.18. The second kappa shape index (κ2) is 5.86. The molecule has 0 bridgehead atoms. The molecule has 1 aromatic rings. The molecule has 6 heteroatoms. The number of aryl methyl sites for hydroxylation is 1. The van der Waals surface area contributed by atoms with Crippen LogP contribution in [0.2, 0.25) is 5.02 Å². The summed E-state index contributed by atoms with van der Waals surface area (Å²) >= 11 is 5.85. The van der Waals surface area contributed by atoms with Crippen molar-refractivity contribution in [2.75, 3.05) is 11.9 Å². The fourth-order valence-corrected chi connectivity index (χ4v) is 1.45. The van der Waals surface area contributed by atoms with Gasteiger partial charge in [-0.25, -0.2) is 4.68 Å². The molecule has 1 rings (SSSR count). The van der Waals surface area contributed by atoms with Crippen LogP contribution >= 0.6 is 11.6 Å². The third-order valence-electron chi connectivity index (χ3n) is 2.34. The smallest absolute Gasteiger partial charge is 0.287 e. The van der Waals surface area contributed by atoms with Crippen LogP contribution in [0, 0.1) is 0 Å². The maximum absolute atomic E-state index is 11.4. The predicted octanol–water partition coefficient (Wildman–Crippen LogP) is 1.01. The van der Waals surface area contributed by atoms with Crippen LogP contribution in [0.4, 0.5) is 5.69 Å². The zero-order valence-electron chi connectivity index (χ0n) is 9.40. The van der Waals surface area contributed by atoms with E-state index in [1.165, 1.54) is 10.9 Å². The van der Waals surface area contributed by atoms with Gasteiger partial charge >= 0.3 is 0 Å². The number of aromatic nitrogens is 2. The second-order valence-corrected chi connectivity index (χ2v) is 3.96. The summed E-state index contributed by atoms with van der Waals surface area (Å²) in [6.07, 6.45) is 2.50. The number of aliphatic hydroxyl groups excluding tert-OH is 1. The maximum Gasteiger partial charge on any atom is 0.287 e. The average Bonchev–Trinajstić information content (AvgIpc) is 2.29. The van der Waals surface area contributed by atoms with E-state index in [1.54, 1.807) is 7.05 Å². The molecule has 0 saturated carbocycles. The van der Waals surface area contributed by atoms with Crippen LogP contribution < -0.4 is 10.9 Å². The topological polar surface area (TPSA) is 67.2 Å². The number of aliphatic hydroxyl groups is 1. The first kappa shape index (κ1) is 13.0. The molecular formula is C10H16ClN3O2. The summed E-state index contributed by atoms with van der Waals surface area (Å²) in [6, 6.07) is 0. The van der Waals surface area contributed by atoms with E-state index < -0.39 is 0 Å². The predicted molar refractivity (Wildman–Crippen MR) is 63.9 cm³/mol. The molecule has 1 aromatic heterocycles. The zero-order valence-corrected chi connectivity index (χ0v) is 10.2. The molecule has 5 nitrogen and oxygen atoms in total. The Morgan fingerprint density at radius 1 is 1.69 bits per heavy atom. The third-order valence-corrected chi connectivity index (χ3v) is 2.71. The molecule has 16 heavy (non-hydrogen) atoms. The first-order valence-corrected chi connectivity index (χ1v) is 5.57. The molecular weight excluding hydrogens is 230 g/mol. The van der Waals surface area contributed by atoms with Crippen molar-refractivity contribution in [3.63, 3.8) is 0 Å². The molecule has 0 fully saturated rings. The van der Waals surface area contributed by atoms with E-state index in [1.807, 2.05) is 6.92 Å². The highest BCUT2D eigenvalue weighted by Crippen LogP contribution is 2.14. The van der Waals surface area contributed by atoms with E-state index in [9.17, 15) is 9.90 Å². The number of halogens is 1. The lowest BCUT2D eigenvalue weighted by Gasteiger charge is -2.10. The molecule has 0 spiro atoms. The summed E-state index contributed by atoms with van der Waals surface area (Å²) in [4.78, 5) is 11.4. The van der Waals surface area contributed by atoms with Crippen LogP contribution in [-0.4, -0.2) is 27.5 Å². The molecule has 0 radical (unpaired) electrons. The Labute approximate surface area is 99.0 Å². The summed E-state index contributed by atoms with van der Waals surface area (Å²) in [5, 5.41) is 16.3. The van der Waals surface area contributed by atoms with E-state index in [0.717, 1.165) is 0 Å². The van der Waals surface area contributed by atoms with E-state index in [2.05, 4.69) is 10.4 Å². The first-order valence-electron chi connectivity index (χ1n) is 5.20. The third kappa shape index (κ3) is 3.21. The molecule has 1 atom stereocenters. The molecule has 0 aliphatic heterocycles. The van der Waals surface area contributed by atoms with E-state index in [-0.39, 0.29) is 16.7 Å². The van der Waals surface area contributed by atoms with Crippen molar-refractivity contribution in [1.82, 2.24) is 9.78 Å². The van der Waals surface area contributed by atoms with E-state index in [0.29, 0.717) is 25.1 Å². The molecule has 0 aromatic carbocycles. The van der Waals surface area contributed by atoms with Gasteiger partial charge in [0, 0.05) is 13.6 Å².